The van der Waals surface area contributed by atoms with Crippen molar-refractivity contribution in [2.75, 3.05) is 25.1 Å². The number of hydrogen-bond donors (Lipinski definition) is 2. The quantitative estimate of drug-likeness (QED) is 0.634. The second-order valence-electron chi connectivity index (χ2n) is 4.83. The molecule has 0 bridgehead atoms. The molecule has 0 aliphatic carbocycles. The van der Waals surface area contributed by atoms with E-state index in [1.807, 2.05) is 6.92 Å². The van der Waals surface area contributed by atoms with Crippen LogP contribution in [0, 0.1) is 5.92 Å². The fraction of sp³-hybridized carbons (Fsp3) is 0.846. The Bertz CT molecular complexity index is 341. The van der Waals surface area contributed by atoms with E-state index in [2.05, 4.69) is 41.6 Å². The summed E-state index contributed by atoms with van der Waals surface area (Å²) in [6.45, 7) is 11.3. The van der Waals surface area contributed by atoms with Gasteiger partial charge in [-0.05, 0) is 25.8 Å². The van der Waals surface area contributed by atoms with Gasteiger partial charge in [0.15, 0.2) is 0 Å². The molecule has 0 aromatic carbocycles. The van der Waals surface area contributed by atoms with E-state index in [1.165, 1.54) is 0 Å². The lowest BCUT2D eigenvalue weighted by molar-refractivity contribution is 0.126. The number of ether oxygens (including phenoxy) is 1. The van der Waals surface area contributed by atoms with E-state index in [4.69, 9.17) is 9.15 Å². The topological polar surface area (TPSA) is 72.2 Å². The zero-order valence-electron chi connectivity index (χ0n) is 12.4. The van der Waals surface area contributed by atoms with Crippen LogP contribution in [-0.2, 0) is 11.3 Å². The van der Waals surface area contributed by atoms with Gasteiger partial charge in [-0.2, -0.15) is 0 Å². The summed E-state index contributed by atoms with van der Waals surface area (Å²) in [6, 6.07) is 0.642. The van der Waals surface area contributed by atoms with Crippen molar-refractivity contribution in [2.24, 2.45) is 5.92 Å². The van der Waals surface area contributed by atoms with Gasteiger partial charge in [-0.1, -0.05) is 25.9 Å². The number of nitrogens with one attached hydrogen (secondary N) is 2. The summed E-state index contributed by atoms with van der Waals surface area (Å²) >= 11 is 0. The van der Waals surface area contributed by atoms with Gasteiger partial charge in [0.05, 0.1) is 19.2 Å². The van der Waals surface area contributed by atoms with Gasteiger partial charge in [-0.3, -0.25) is 0 Å². The molecule has 19 heavy (non-hydrogen) atoms. The summed E-state index contributed by atoms with van der Waals surface area (Å²) in [5.74, 6) is 1.04. The molecule has 6 nitrogen and oxygen atoms in total. The third-order valence-corrected chi connectivity index (χ3v) is 2.78. The van der Waals surface area contributed by atoms with E-state index >= 15 is 0 Å². The maximum atomic E-state index is 5.54. The first-order chi connectivity index (χ1) is 9.17. The molecule has 1 rings (SSSR count). The molecule has 1 unspecified atom stereocenters. The smallest absolute Gasteiger partial charge is 0.315 e. The third kappa shape index (κ3) is 6.02. The molecule has 0 saturated heterocycles. The number of aromatic nitrogens is 2. The fourth-order valence-corrected chi connectivity index (χ4v) is 1.56. The van der Waals surface area contributed by atoms with Gasteiger partial charge in [-0.15, -0.1) is 5.10 Å². The van der Waals surface area contributed by atoms with Crippen LogP contribution in [0.2, 0.25) is 0 Å². The highest BCUT2D eigenvalue weighted by atomic mass is 16.5. The minimum atomic E-state index is 0.178. The largest absolute Gasteiger partial charge is 0.407 e. The number of rotatable bonds is 10. The molecule has 6 heteroatoms. The van der Waals surface area contributed by atoms with Crippen LogP contribution in [0.4, 0.5) is 6.01 Å². The summed E-state index contributed by atoms with van der Waals surface area (Å²) < 4.78 is 11.0. The highest BCUT2D eigenvalue weighted by Gasteiger charge is 2.16. The number of hydrogen-bond acceptors (Lipinski definition) is 6. The highest BCUT2D eigenvalue weighted by molar-refractivity contribution is 5.19. The van der Waals surface area contributed by atoms with Crippen LogP contribution in [0.3, 0.4) is 0 Å². The monoisotopic (exact) mass is 270 g/mol. The molecule has 0 amide bonds. The van der Waals surface area contributed by atoms with Crippen LogP contribution >= 0.6 is 0 Å². The summed E-state index contributed by atoms with van der Waals surface area (Å²) in [5.41, 5.74) is 0. The van der Waals surface area contributed by atoms with Crippen molar-refractivity contribution in [3.63, 3.8) is 0 Å². The molecule has 0 fully saturated rings. The molecule has 0 spiro atoms. The molecule has 0 saturated carbocycles. The second-order valence-corrected chi connectivity index (χ2v) is 4.83. The van der Waals surface area contributed by atoms with Crippen molar-refractivity contribution in [1.29, 1.82) is 0 Å². The van der Waals surface area contributed by atoms with Crippen molar-refractivity contribution >= 4 is 6.01 Å². The maximum absolute atomic E-state index is 5.54. The Hall–Kier alpha value is -1.14. The van der Waals surface area contributed by atoms with Gasteiger partial charge >= 0.3 is 6.01 Å². The lowest BCUT2D eigenvalue weighted by Crippen LogP contribution is -2.31. The molecule has 1 aromatic heterocycles. The Morgan fingerprint density at radius 3 is 2.68 bits per heavy atom. The Morgan fingerprint density at radius 1 is 1.26 bits per heavy atom. The van der Waals surface area contributed by atoms with Crippen molar-refractivity contribution in [3.8, 4) is 0 Å². The van der Waals surface area contributed by atoms with E-state index in [0.29, 0.717) is 37.6 Å². The summed E-state index contributed by atoms with van der Waals surface area (Å²) in [5, 5.41) is 14.5. The van der Waals surface area contributed by atoms with E-state index in [0.717, 1.165) is 13.0 Å². The zero-order valence-corrected chi connectivity index (χ0v) is 12.4. The van der Waals surface area contributed by atoms with Gasteiger partial charge in [0, 0.05) is 6.61 Å². The first-order valence-electron chi connectivity index (χ1n) is 7.04. The van der Waals surface area contributed by atoms with Crippen LogP contribution in [-0.4, -0.2) is 36.0 Å². The van der Waals surface area contributed by atoms with Gasteiger partial charge in [0.2, 0.25) is 5.89 Å². The molecular weight excluding hydrogens is 244 g/mol. The molecule has 110 valence electrons. The summed E-state index contributed by atoms with van der Waals surface area (Å²) in [6.07, 6.45) is 1.09. The normalized spacial score (nSPS) is 12.9. The molecule has 2 N–H and O–H groups in total. The Morgan fingerprint density at radius 2 is 2.05 bits per heavy atom. The van der Waals surface area contributed by atoms with Crippen molar-refractivity contribution in [1.82, 2.24) is 15.5 Å². The Kier molecular flexibility index (Phi) is 7.43. The van der Waals surface area contributed by atoms with Crippen LogP contribution in [0.1, 0.15) is 40.0 Å². The molecule has 0 radical (unpaired) electrons. The lowest BCUT2D eigenvalue weighted by atomic mass is 10.1. The summed E-state index contributed by atoms with van der Waals surface area (Å²) in [4.78, 5) is 0. The molecule has 1 aromatic rings. The van der Waals surface area contributed by atoms with E-state index in [1.54, 1.807) is 0 Å². The first kappa shape index (κ1) is 15.9. The Labute approximate surface area is 115 Å². The van der Waals surface area contributed by atoms with E-state index < -0.39 is 0 Å². The minimum Gasteiger partial charge on any atom is -0.407 e. The van der Waals surface area contributed by atoms with Gasteiger partial charge < -0.3 is 19.8 Å². The van der Waals surface area contributed by atoms with Crippen LogP contribution in [0.15, 0.2) is 4.42 Å². The highest BCUT2D eigenvalue weighted by Crippen LogP contribution is 2.12. The van der Waals surface area contributed by atoms with Crippen LogP contribution in [0.5, 0.6) is 0 Å². The van der Waals surface area contributed by atoms with Gasteiger partial charge in [0.1, 0.15) is 0 Å². The van der Waals surface area contributed by atoms with E-state index in [9.17, 15) is 0 Å². The first-order valence-corrected chi connectivity index (χ1v) is 7.04. The van der Waals surface area contributed by atoms with Gasteiger partial charge in [-0.25, -0.2) is 0 Å². The van der Waals surface area contributed by atoms with Crippen LogP contribution in [0.25, 0.3) is 0 Å². The average molecular weight is 270 g/mol. The van der Waals surface area contributed by atoms with E-state index in [-0.39, 0.29) is 6.04 Å². The zero-order chi connectivity index (χ0) is 14.1. The molecule has 0 aliphatic heterocycles. The number of nitrogens with zero attached hydrogens (tertiary/aromatic N) is 2. The standard InChI is InChI=1S/C13H26N4O2/c1-5-7-14-8-12-16-17-13(19-12)15-11(10(3)4)9-18-6-2/h10-11,14H,5-9H2,1-4H3,(H,15,17). The second kappa shape index (κ2) is 8.87. The molecule has 1 atom stereocenters. The number of anilines is 1. The SMILES string of the molecule is CCCNCc1nnc(NC(COCC)C(C)C)o1. The Balaban J connectivity index is 2.45. The van der Waals surface area contributed by atoms with Crippen molar-refractivity contribution in [3.05, 3.63) is 5.89 Å². The summed E-state index contributed by atoms with van der Waals surface area (Å²) in [7, 11) is 0. The molecule has 1 heterocycles. The average Bonchev–Trinajstić information content (AvgIpc) is 2.82. The maximum Gasteiger partial charge on any atom is 0.315 e. The minimum absolute atomic E-state index is 0.178. The predicted molar refractivity (Wildman–Crippen MR) is 75.0 cm³/mol. The van der Waals surface area contributed by atoms with Gasteiger partial charge in [0.25, 0.3) is 0 Å². The van der Waals surface area contributed by atoms with Crippen molar-refractivity contribution in [2.45, 2.75) is 46.7 Å². The molecular formula is C13H26N4O2. The van der Waals surface area contributed by atoms with Crippen LogP contribution < -0.4 is 10.6 Å². The predicted octanol–water partition coefficient (Wildman–Crippen LogP) is 2.04. The van der Waals surface area contributed by atoms with Crippen molar-refractivity contribution < 1.29 is 9.15 Å². The lowest BCUT2D eigenvalue weighted by Gasteiger charge is -2.20. The fourth-order valence-electron chi connectivity index (χ4n) is 1.56. The third-order valence-electron chi connectivity index (χ3n) is 2.78. The molecule has 0 aliphatic rings.